The van der Waals surface area contributed by atoms with Gasteiger partial charge in [-0.25, -0.2) is 9.97 Å². The number of hydrogen-bond acceptors (Lipinski definition) is 6. The molecular formula is C19H27N5O. The Morgan fingerprint density at radius 1 is 1.28 bits per heavy atom. The Labute approximate surface area is 149 Å². The molecule has 1 aliphatic rings. The summed E-state index contributed by atoms with van der Waals surface area (Å²) >= 11 is 0. The molecule has 0 spiro atoms. The predicted octanol–water partition coefficient (Wildman–Crippen LogP) is 2.15. The molecule has 0 saturated carbocycles. The number of benzene rings is 1. The monoisotopic (exact) mass is 341 g/mol. The summed E-state index contributed by atoms with van der Waals surface area (Å²) in [7, 11) is 4.17. The molecule has 1 aromatic carbocycles. The summed E-state index contributed by atoms with van der Waals surface area (Å²) in [6.07, 6.45) is 3.70. The number of nitrogens with one attached hydrogen (secondary N) is 1. The third kappa shape index (κ3) is 4.27. The smallest absolute Gasteiger partial charge is 0.134 e. The highest BCUT2D eigenvalue weighted by Crippen LogP contribution is 2.25. The molecule has 2 atom stereocenters. The highest BCUT2D eigenvalue weighted by atomic mass is 16.3. The van der Waals surface area contributed by atoms with Crippen LogP contribution in [0, 0.1) is 0 Å². The van der Waals surface area contributed by atoms with E-state index in [1.54, 1.807) is 6.33 Å². The molecule has 1 saturated heterocycles. The van der Waals surface area contributed by atoms with E-state index in [0.29, 0.717) is 0 Å². The van der Waals surface area contributed by atoms with Gasteiger partial charge in [0.2, 0.25) is 0 Å². The van der Waals surface area contributed by atoms with Crippen LogP contribution in [0.4, 0.5) is 11.6 Å². The molecule has 1 fully saturated rings. The summed E-state index contributed by atoms with van der Waals surface area (Å²) in [5, 5.41) is 13.0. The molecule has 1 aliphatic heterocycles. The lowest BCUT2D eigenvalue weighted by molar-refractivity contribution is 0.266. The highest BCUT2D eigenvalue weighted by molar-refractivity contribution is 5.50. The molecule has 6 heteroatoms. The number of aliphatic hydroxyl groups is 1. The zero-order valence-electron chi connectivity index (χ0n) is 15.0. The average molecular weight is 341 g/mol. The van der Waals surface area contributed by atoms with Crippen LogP contribution in [0.15, 0.2) is 42.7 Å². The Kier molecular flexibility index (Phi) is 5.83. The van der Waals surface area contributed by atoms with Gasteiger partial charge in [0.05, 0.1) is 18.7 Å². The normalized spacial score (nSPS) is 18.6. The minimum atomic E-state index is 0.168. The maximum Gasteiger partial charge on any atom is 0.134 e. The fraction of sp³-hybridized carbons (Fsp3) is 0.474. The summed E-state index contributed by atoms with van der Waals surface area (Å²) in [6.45, 7) is 1.87. The second-order valence-electron chi connectivity index (χ2n) is 6.70. The number of hydrogen-bond donors (Lipinski definition) is 2. The predicted molar refractivity (Wildman–Crippen MR) is 101 cm³/mol. The standard InChI is InChI=1S/C19H27N5O/c1-23(2)17(15-7-4-3-5-8-15)12-20-18-11-19(22-14-21-18)24-10-6-9-16(24)13-25/h3-5,7-8,11,14,16-17,25H,6,9-10,12-13H2,1-2H3,(H,20,21,22)/t16-,17+/m1/s1. The van der Waals surface area contributed by atoms with Crippen molar-refractivity contribution in [1.29, 1.82) is 0 Å². The van der Waals surface area contributed by atoms with Crippen molar-refractivity contribution in [1.82, 2.24) is 14.9 Å². The lowest BCUT2D eigenvalue weighted by Crippen LogP contribution is -2.33. The van der Waals surface area contributed by atoms with Crippen LogP contribution in [-0.2, 0) is 0 Å². The molecule has 0 amide bonds. The lowest BCUT2D eigenvalue weighted by Gasteiger charge is -2.26. The Hall–Kier alpha value is -2.18. The van der Waals surface area contributed by atoms with Crippen molar-refractivity contribution in [3.63, 3.8) is 0 Å². The summed E-state index contributed by atoms with van der Waals surface area (Å²) in [5.41, 5.74) is 1.27. The van der Waals surface area contributed by atoms with Gasteiger partial charge in [0.25, 0.3) is 0 Å². The molecule has 0 unspecified atom stereocenters. The van der Waals surface area contributed by atoms with Crippen LogP contribution in [0.3, 0.4) is 0 Å². The maximum atomic E-state index is 9.52. The van der Waals surface area contributed by atoms with Gasteiger partial charge in [-0.15, -0.1) is 0 Å². The second kappa shape index (κ2) is 8.27. The molecule has 1 aromatic heterocycles. The first-order chi connectivity index (χ1) is 12.2. The van der Waals surface area contributed by atoms with Gasteiger partial charge in [-0.05, 0) is 32.5 Å². The van der Waals surface area contributed by atoms with Crippen LogP contribution in [-0.4, -0.2) is 59.8 Å². The van der Waals surface area contributed by atoms with Crippen molar-refractivity contribution in [2.45, 2.75) is 24.9 Å². The fourth-order valence-electron chi connectivity index (χ4n) is 3.40. The third-order valence-electron chi connectivity index (χ3n) is 4.82. The van der Waals surface area contributed by atoms with Crippen molar-refractivity contribution in [2.75, 3.05) is 44.0 Å². The number of anilines is 2. The van der Waals surface area contributed by atoms with E-state index in [9.17, 15) is 5.11 Å². The van der Waals surface area contributed by atoms with Crippen LogP contribution in [0.5, 0.6) is 0 Å². The van der Waals surface area contributed by atoms with E-state index < -0.39 is 0 Å². The lowest BCUT2D eigenvalue weighted by atomic mass is 10.1. The number of likely N-dealkylation sites (N-methyl/N-ethyl adjacent to an activating group) is 1. The van der Waals surface area contributed by atoms with E-state index in [0.717, 1.165) is 37.6 Å². The van der Waals surface area contributed by atoms with Gasteiger partial charge >= 0.3 is 0 Å². The van der Waals surface area contributed by atoms with Crippen LogP contribution in [0.2, 0.25) is 0 Å². The molecule has 6 nitrogen and oxygen atoms in total. The Morgan fingerprint density at radius 3 is 2.80 bits per heavy atom. The quantitative estimate of drug-likeness (QED) is 0.805. The van der Waals surface area contributed by atoms with E-state index in [1.165, 1.54) is 5.56 Å². The first kappa shape index (κ1) is 17.6. The van der Waals surface area contributed by atoms with Gasteiger partial charge < -0.3 is 20.2 Å². The topological polar surface area (TPSA) is 64.5 Å². The van der Waals surface area contributed by atoms with E-state index in [-0.39, 0.29) is 18.7 Å². The van der Waals surface area contributed by atoms with Gasteiger partial charge in [0.1, 0.15) is 18.0 Å². The molecule has 3 rings (SSSR count). The van der Waals surface area contributed by atoms with E-state index in [1.807, 2.05) is 12.1 Å². The number of aliphatic hydroxyl groups excluding tert-OH is 1. The van der Waals surface area contributed by atoms with Gasteiger partial charge in [-0.2, -0.15) is 0 Å². The molecular weight excluding hydrogens is 314 g/mol. The van der Waals surface area contributed by atoms with Crippen LogP contribution in [0.1, 0.15) is 24.4 Å². The molecule has 0 radical (unpaired) electrons. The molecule has 2 heterocycles. The van der Waals surface area contributed by atoms with Gasteiger partial charge in [0.15, 0.2) is 0 Å². The van der Waals surface area contributed by atoms with E-state index >= 15 is 0 Å². The Balaban J connectivity index is 1.69. The first-order valence-electron chi connectivity index (χ1n) is 8.84. The summed E-state index contributed by atoms with van der Waals surface area (Å²) in [6, 6.07) is 12.9. The second-order valence-corrected chi connectivity index (χ2v) is 6.70. The van der Waals surface area contributed by atoms with Crippen LogP contribution >= 0.6 is 0 Å². The Bertz CT molecular complexity index is 664. The SMILES string of the molecule is CN(C)[C@@H](CNc1cc(N2CCC[C@@H]2CO)ncn1)c1ccccc1. The number of rotatable bonds is 7. The Morgan fingerprint density at radius 2 is 2.08 bits per heavy atom. The van der Waals surface area contributed by atoms with Gasteiger partial charge in [0, 0.05) is 19.2 Å². The average Bonchev–Trinajstić information content (AvgIpc) is 3.11. The molecule has 25 heavy (non-hydrogen) atoms. The fourth-order valence-corrected chi connectivity index (χ4v) is 3.40. The third-order valence-corrected chi connectivity index (χ3v) is 4.82. The van der Waals surface area contributed by atoms with E-state index in [2.05, 4.69) is 63.4 Å². The highest BCUT2D eigenvalue weighted by Gasteiger charge is 2.25. The van der Waals surface area contributed by atoms with Gasteiger partial charge in [-0.3, -0.25) is 0 Å². The number of nitrogens with zero attached hydrogens (tertiary/aromatic N) is 4. The number of aromatic nitrogens is 2. The molecule has 0 aliphatic carbocycles. The molecule has 2 aromatic rings. The minimum Gasteiger partial charge on any atom is -0.394 e. The van der Waals surface area contributed by atoms with E-state index in [4.69, 9.17) is 0 Å². The van der Waals surface area contributed by atoms with Crippen LogP contribution in [0.25, 0.3) is 0 Å². The van der Waals surface area contributed by atoms with Crippen molar-refractivity contribution in [3.8, 4) is 0 Å². The molecule has 2 N–H and O–H groups in total. The van der Waals surface area contributed by atoms with Crippen molar-refractivity contribution in [2.24, 2.45) is 0 Å². The zero-order chi connectivity index (χ0) is 17.6. The summed E-state index contributed by atoms with van der Waals surface area (Å²) in [4.78, 5) is 13.1. The zero-order valence-corrected chi connectivity index (χ0v) is 15.0. The van der Waals surface area contributed by atoms with Crippen molar-refractivity contribution < 1.29 is 5.11 Å². The van der Waals surface area contributed by atoms with Gasteiger partial charge in [-0.1, -0.05) is 30.3 Å². The molecule has 134 valence electrons. The minimum absolute atomic E-state index is 0.168. The summed E-state index contributed by atoms with van der Waals surface area (Å²) in [5.74, 6) is 1.70. The molecule has 0 bridgehead atoms. The van der Waals surface area contributed by atoms with Crippen LogP contribution < -0.4 is 10.2 Å². The van der Waals surface area contributed by atoms with Crippen molar-refractivity contribution in [3.05, 3.63) is 48.3 Å². The van der Waals surface area contributed by atoms with Crippen molar-refractivity contribution >= 4 is 11.6 Å². The largest absolute Gasteiger partial charge is 0.394 e. The maximum absolute atomic E-state index is 9.52. The first-order valence-corrected chi connectivity index (χ1v) is 8.84. The summed E-state index contributed by atoms with van der Waals surface area (Å²) < 4.78 is 0.